The van der Waals surface area contributed by atoms with E-state index in [4.69, 9.17) is 11.6 Å². The molecule has 87 valence electrons. The summed E-state index contributed by atoms with van der Waals surface area (Å²) in [6.45, 7) is 4.20. The van der Waals surface area contributed by atoms with Crippen LogP contribution in [0.15, 0.2) is 34.8 Å². The minimum absolute atomic E-state index is 0.786. The average Bonchev–Trinajstić information content (AvgIpc) is 2.32. The molecular weight excluding hydrogens is 296 g/mol. The minimum atomic E-state index is 0.786. The third kappa shape index (κ3) is 2.72. The molecule has 0 nitrogen and oxygen atoms in total. The third-order valence-electron chi connectivity index (χ3n) is 2.78. The first-order valence-electron chi connectivity index (χ1n) is 5.58. The van der Waals surface area contributed by atoms with Gasteiger partial charge in [0.2, 0.25) is 0 Å². The molecule has 0 heterocycles. The lowest BCUT2D eigenvalue weighted by Crippen LogP contribution is -1.90. The van der Waals surface area contributed by atoms with Gasteiger partial charge in [-0.25, -0.2) is 0 Å². The molecule has 0 saturated carbocycles. The number of rotatable bonds is 2. The van der Waals surface area contributed by atoms with Gasteiger partial charge < -0.3 is 0 Å². The Hall–Kier alpha value is -0.790. The van der Waals surface area contributed by atoms with Gasteiger partial charge in [-0.15, -0.1) is 0 Å². The summed E-state index contributed by atoms with van der Waals surface area (Å²) in [6, 6.07) is 13.4. The number of aryl methyl sites for hydroxylation is 2. The van der Waals surface area contributed by atoms with Crippen LogP contribution in [0.1, 0.15) is 18.1 Å². The molecule has 1 radical (unpaired) electrons. The zero-order chi connectivity index (χ0) is 12.4. The molecule has 0 unspecified atom stereocenters. The van der Waals surface area contributed by atoms with Gasteiger partial charge in [0.1, 0.15) is 0 Å². The molecule has 0 spiro atoms. The van der Waals surface area contributed by atoms with Gasteiger partial charge in [-0.2, -0.15) is 0 Å². The van der Waals surface area contributed by atoms with Crippen molar-refractivity contribution in [1.82, 2.24) is 0 Å². The van der Waals surface area contributed by atoms with E-state index < -0.39 is 0 Å². The normalized spacial score (nSPS) is 10.6. The summed E-state index contributed by atoms with van der Waals surface area (Å²) in [5.74, 6) is 0. The fraction of sp³-hybridized carbons (Fsp3) is 0.200. The van der Waals surface area contributed by atoms with E-state index >= 15 is 0 Å². The number of benzene rings is 2. The van der Waals surface area contributed by atoms with E-state index in [0.29, 0.717) is 0 Å². The highest BCUT2D eigenvalue weighted by Crippen LogP contribution is 2.33. The predicted molar refractivity (Wildman–Crippen MR) is 77.5 cm³/mol. The Balaban J connectivity index is 2.66. The molecule has 0 fully saturated rings. The zero-order valence-electron chi connectivity index (χ0n) is 9.85. The SMILES string of the molecule is CCc1c[c]c(C)cc1-c1cc(Br)ccc1Cl. The Labute approximate surface area is 116 Å². The molecule has 0 amide bonds. The summed E-state index contributed by atoms with van der Waals surface area (Å²) in [5, 5.41) is 0.786. The second kappa shape index (κ2) is 5.24. The van der Waals surface area contributed by atoms with Gasteiger partial charge in [-0.3, -0.25) is 0 Å². The molecule has 0 saturated heterocycles. The molecule has 2 aromatic rings. The minimum Gasteiger partial charge on any atom is -0.0837 e. The van der Waals surface area contributed by atoms with E-state index in [1.54, 1.807) is 0 Å². The predicted octanol–water partition coefficient (Wildman–Crippen LogP) is 5.44. The Morgan fingerprint density at radius 3 is 2.71 bits per heavy atom. The fourth-order valence-electron chi connectivity index (χ4n) is 1.88. The Morgan fingerprint density at radius 2 is 2.00 bits per heavy atom. The summed E-state index contributed by atoms with van der Waals surface area (Å²) >= 11 is 9.77. The van der Waals surface area contributed by atoms with Gasteiger partial charge in [0.15, 0.2) is 0 Å². The van der Waals surface area contributed by atoms with Crippen molar-refractivity contribution < 1.29 is 0 Å². The van der Waals surface area contributed by atoms with Crippen molar-refractivity contribution in [1.29, 1.82) is 0 Å². The van der Waals surface area contributed by atoms with Gasteiger partial charge in [-0.05, 0) is 54.3 Å². The molecule has 0 aliphatic heterocycles. The monoisotopic (exact) mass is 307 g/mol. The van der Waals surface area contributed by atoms with Crippen LogP contribution in [0.25, 0.3) is 11.1 Å². The average molecular weight is 309 g/mol. The third-order valence-corrected chi connectivity index (χ3v) is 3.60. The summed E-state index contributed by atoms with van der Waals surface area (Å²) in [6.07, 6.45) is 0.981. The van der Waals surface area contributed by atoms with Crippen molar-refractivity contribution in [3.63, 3.8) is 0 Å². The first-order valence-corrected chi connectivity index (χ1v) is 6.75. The Morgan fingerprint density at radius 1 is 1.24 bits per heavy atom. The highest BCUT2D eigenvalue weighted by atomic mass is 79.9. The van der Waals surface area contributed by atoms with Crippen LogP contribution >= 0.6 is 27.5 Å². The highest BCUT2D eigenvalue weighted by molar-refractivity contribution is 9.10. The quantitative estimate of drug-likeness (QED) is 0.693. The smallest absolute Gasteiger partial charge is 0.0485 e. The van der Waals surface area contributed by atoms with Gasteiger partial charge >= 0.3 is 0 Å². The number of hydrogen-bond donors (Lipinski definition) is 0. The summed E-state index contributed by atoms with van der Waals surface area (Å²) in [7, 11) is 0. The van der Waals surface area contributed by atoms with E-state index in [0.717, 1.165) is 27.0 Å². The van der Waals surface area contributed by atoms with Crippen molar-refractivity contribution in [2.75, 3.05) is 0 Å². The molecule has 0 bridgehead atoms. The van der Waals surface area contributed by atoms with Gasteiger partial charge in [0.25, 0.3) is 0 Å². The maximum atomic E-state index is 6.28. The molecule has 17 heavy (non-hydrogen) atoms. The lowest BCUT2D eigenvalue weighted by molar-refractivity contribution is 1.14. The molecule has 0 N–H and O–H groups in total. The van der Waals surface area contributed by atoms with Crippen molar-refractivity contribution in [3.8, 4) is 11.1 Å². The molecule has 2 heteroatoms. The summed E-state index contributed by atoms with van der Waals surface area (Å²) in [5.41, 5.74) is 4.69. The molecule has 0 atom stereocenters. The topological polar surface area (TPSA) is 0 Å². The van der Waals surface area contributed by atoms with Crippen molar-refractivity contribution in [2.45, 2.75) is 20.3 Å². The fourth-order valence-corrected chi connectivity index (χ4v) is 2.46. The second-order valence-electron chi connectivity index (χ2n) is 4.03. The maximum absolute atomic E-state index is 6.28. The Bertz CT molecular complexity index is 547. The van der Waals surface area contributed by atoms with Crippen LogP contribution in [-0.4, -0.2) is 0 Å². The van der Waals surface area contributed by atoms with Crippen LogP contribution < -0.4 is 0 Å². The molecule has 0 aliphatic carbocycles. The van der Waals surface area contributed by atoms with Crippen LogP contribution in [-0.2, 0) is 6.42 Å². The van der Waals surface area contributed by atoms with E-state index in [1.165, 1.54) is 11.1 Å². The molecule has 0 aromatic heterocycles. The van der Waals surface area contributed by atoms with Gasteiger partial charge in [0.05, 0.1) is 0 Å². The number of halogens is 2. The first-order chi connectivity index (χ1) is 8.11. The van der Waals surface area contributed by atoms with E-state index in [9.17, 15) is 0 Å². The van der Waals surface area contributed by atoms with E-state index in [-0.39, 0.29) is 0 Å². The molecule has 2 aromatic carbocycles. The number of hydrogen-bond acceptors (Lipinski definition) is 0. The van der Waals surface area contributed by atoms with Crippen LogP contribution in [0.2, 0.25) is 5.02 Å². The van der Waals surface area contributed by atoms with Crippen molar-refractivity contribution >= 4 is 27.5 Å². The van der Waals surface area contributed by atoms with Crippen LogP contribution in [0.4, 0.5) is 0 Å². The van der Waals surface area contributed by atoms with Crippen LogP contribution in [0.5, 0.6) is 0 Å². The standard InChI is InChI=1S/C15H13BrCl/c1-3-11-5-4-10(2)8-13(11)14-9-12(16)6-7-15(14)17/h5-9H,3H2,1-2H3. The van der Waals surface area contributed by atoms with E-state index in [1.807, 2.05) is 12.1 Å². The van der Waals surface area contributed by atoms with E-state index in [2.05, 4.69) is 54.0 Å². The lowest BCUT2D eigenvalue weighted by Gasteiger charge is -2.11. The van der Waals surface area contributed by atoms with Gasteiger partial charge in [0, 0.05) is 15.1 Å². The van der Waals surface area contributed by atoms with Crippen LogP contribution in [0.3, 0.4) is 0 Å². The highest BCUT2D eigenvalue weighted by Gasteiger charge is 2.08. The molecule has 0 aliphatic rings. The lowest BCUT2D eigenvalue weighted by atomic mass is 9.96. The zero-order valence-corrected chi connectivity index (χ0v) is 12.2. The van der Waals surface area contributed by atoms with Crippen molar-refractivity contribution in [3.05, 3.63) is 57.0 Å². The summed E-state index contributed by atoms with van der Waals surface area (Å²) in [4.78, 5) is 0. The van der Waals surface area contributed by atoms with Crippen LogP contribution in [0, 0.1) is 13.0 Å². The largest absolute Gasteiger partial charge is 0.0837 e. The molecule has 2 rings (SSSR count). The van der Waals surface area contributed by atoms with Gasteiger partial charge in [-0.1, -0.05) is 46.6 Å². The first kappa shape index (κ1) is 12.7. The maximum Gasteiger partial charge on any atom is 0.0485 e. The van der Waals surface area contributed by atoms with Crippen molar-refractivity contribution in [2.24, 2.45) is 0 Å². The Kier molecular flexibility index (Phi) is 3.90. The molecular formula is C15H13BrCl. The summed E-state index contributed by atoms with van der Waals surface area (Å²) < 4.78 is 1.05. The second-order valence-corrected chi connectivity index (χ2v) is 5.36.